The fourth-order valence-corrected chi connectivity index (χ4v) is 5.26. The molecule has 0 atom stereocenters. The lowest BCUT2D eigenvalue weighted by molar-refractivity contribution is 0.101. The second kappa shape index (κ2) is 9.63. The van der Waals surface area contributed by atoms with Crippen molar-refractivity contribution in [3.63, 3.8) is 0 Å². The lowest BCUT2D eigenvalue weighted by Crippen LogP contribution is -2.35. The summed E-state index contributed by atoms with van der Waals surface area (Å²) in [5.74, 6) is 0.936. The fraction of sp³-hybridized carbons (Fsp3) is 0.304. The van der Waals surface area contributed by atoms with Crippen LogP contribution in [0.3, 0.4) is 0 Å². The van der Waals surface area contributed by atoms with E-state index in [-0.39, 0.29) is 10.6 Å². The number of anilines is 1. The minimum Gasteiger partial charge on any atom is -0.497 e. The van der Waals surface area contributed by atoms with Gasteiger partial charge in [-0.3, -0.25) is 4.79 Å². The van der Waals surface area contributed by atoms with Crippen LogP contribution in [0.4, 0.5) is 5.69 Å². The molecule has 2 aromatic carbocycles. The summed E-state index contributed by atoms with van der Waals surface area (Å²) < 4.78 is 43.3. The maximum absolute atomic E-state index is 12.9. The summed E-state index contributed by atoms with van der Waals surface area (Å²) in [5, 5.41) is 6.54. The van der Waals surface area contributed by atoms with Crippen molar-refractivity contribution in [1.29, 1.82) is 0 Å². The van der Waals surface area contributed by atoms with E-state index in [4.69, 9.17) is 14.0 Å². The SMILES string of the molecule is COc1ccc(OC)c(-c2cc(C(=O)Nc3cccc(S(=O)(=O)N4CCCCC4)c3)no2)c1. The van der Waals surface area contributed by atoms with Crippen molar-refractivity contribution in [3.8, 4) is 22.8 Å². The zero-order valence-corrected chi connectivity index (χ0v) is 19.2. The Hall–Kier alpha value is -3.37. The first-order chi connectivity index (χ1) is 15.9. The summed E-state index contributed by atoms with van der Waals surface area (Å²) in [6, 6.07) is 12.9. The van der Waals surface area contributed by atoms with Crippen molar-refractivity contribution >= 4 is 21.6 Å². The Morgan fingerprint density at radius 2 is 1.82 bits per heavy atom. The third-order valence-corrected chi connectivity index (χ3v) is 7.35. The second-order valence-electron chi connectivity index (χ2n) is 7.59. The number of amides is 1. The molecular formula is C23H25N3O6S. The average Bonchev–Trinajstić information content (AvgIpc) is 3.35. The monoisotopic (exact) mass is 471 g/mol. The number of hydrogen-bond donors (Lipinski definition) is 1. The van der Waals surface area contributed by atoms with Crippen LogP contribution in [0.15, 0.2) is 57.9 Å². The van der Waals surface area contributed by atoms with Crippen LogP contribution in [0.1, 0.15) is 29.8 Å². The van der Waals surface area contributed by atoms with Crippen molar-refractivity contribution < 1.29 is 27.2 Å². The largest absolute Gasteiger partial charge is 0.497 e. The Morgan fingerprint density at radius 3 is 2.55 bits per heavy atom. The van der Waals surface area contributed by atoms with Gasteiger partial charge in [-0.2, -0.15) is 4.31 Å². The number of methoxy groups -OCH3 is 2. The van der Waals surface area contributed by atoms with Gasteiger partial charge >= 0.3 is 0 Å². The van der Waals surface area contributed by atoms with Crippen molar-refractivity contribution in [3.05, 3.63) is 54.2 Å². The third kappa shape index (κ3) is 4.86. The molecule has 1 fully saturated rings. The molecule has 174 valence electrons. The Labute approximate surface area is 192 Å². The zero-order valence-electron chi connectivity index (χ0n) is 18.4. The van der Waals surface area contributed by atoms with E-state index in [0.29, 0.717) is 41.6 Å². The summed E-state index contributed by atoms with van der Waals surface area (Å²) in [6.07, 6.45) is 2.73. The molecule has 1 N–H and O–H groups in total. The second-order valence-corrected chi connectivity index (χ2v) is 9.53. The van der Waals surface area contributed by atoms with Gasteiger partial charge in [-0.05, 0) is 49.2 Å². The molecule has 0 radical (unpaired) electrons. The summed E-state index contributed by atoms with van der Waals surface area (Å²) in [6.45, 7) is 1.02. The number of rotatable bonds is 7. The summed E-state index contributed by atoms with van der Waals surface area (Å²) in [4.78, 5) is 12.9. The Bertz CT molecular complexity index is 1250. The number of nitrogens with zero attached hydrogens (tertiary/aromatic N) is 2. The molecule has 1 amide bonds. The molecule has 1 aliphatic rings. The lowest BCUT2D eigenvalue weighted by Gasteiger charge is -2.26. The van der Waals surface area contributed by atoms with Gasteiger partial charge in [-0.15, -0.1) is 0 Å². The standard InChI is InChI=1S/C23H25N3O6S/c1-30-17-9-10-21(31-2)19(14-17)22-15-20(25-32-22)23(27)24-16-7-6-8-18(13-16)33(28,29)26-11-4-3-5-12-26/h6-10,13-15H,3-5,11-12H2,1-2H3,(H,24,27). The molecule has 1 aromatic heterocycles. The van der Waals surface area contributed by atoms with Gasteiger partial charge in [0.2, 0.25) is 10.0 Å². The Kier molecular flexibility index (Phi) is 6.66. The molecule has 1 aliphatic heterocycles. The van der Waals surface area contributed by atoms with Crippen LogP contribution < -0.4 is 14.8 Å². The summed E-state index contributed by atoms with van der Waals surface area (Å²) in [7, 11) is -0.535. The number of carbonyl (C=O) groups excluding carboxylic acids is 1. The van der Waals surface area contributed by atoms with E-state index in [1.54, 1.807) is 37.4 Å². The van der Waals surface area contributed by atoms with Gasteiger partial charge < -0.3 is 19.3 Å². The van der Waals surface area contributed by atoms with Crippen LogP contribution in [0.25, 0.3) is 11.3 Å². The molecule has 0 aliphatic carbocycles. The van der Waals surface area contributed by atoms with Gasteiger partial charge in [0, 0.05) is 24.8 Å². The maximum atomic E-state index is 12.9. The number of benzene rings is 2. The minimum absolute atomic E-state index is 0.0409. The van der Waals surface area contributed by atoms with Crippen LogP contribution in [-0.4, -0.2) is 51.1 Å². The lowest BCUT2D eigenvalue weighted by atomic mass is 10.1. The molecule has 1 saturated heterocycles. The zero-order chi connectivity index (χ0) is 23.4. The quantitative estimate of drug-likeness (QED) is 0.558. The number of sulfonamides is 1. The van der Waals surface area contributed by atoms with Crippen LogP contribution in [0.2, 0.25) is 0 Å². The van der Waals surface area contributed by atoms with E-state index in [9.17, 15) is 13.2 Å². The first-order valence-electron chi connectivity index (χ1n) is 10.5. The average molecular weight is 472 g/mol. The maximum Gasteiger partial charge on any atom is 0.277 e. The van der Waals surface area contributed by atoms with Crippen LogP contribution >= 0.6 is 0 Å². The highest BCUT2D eigenvalue weighted by Crippen LogP contribution is 2.34. The molecule has 0 saturated carbocycles. The van der Waals surface area contributed by atoms with Gasteiger partial charge in [0.15, 0.2) is 11.5 Å². The number of hydrogen-bond acceptors (Lipinski definition) is 7. The van der Waals surface area contributed by atoms with Crippen molar-refractivity contribution in [1.82, 2.24) is 9.46 Å². The van der Waals surface area contributed by atoms with Gasteiger partial charge in [0.25, 0.3) is 5.91 Å². The van der Waals surface area contributed by atoms with E-state index in [2.05, 4.69) is 10.5 Å². The first kappa shape index (κ1) is 22.8. The van der Waals surface area contributed by atoms with Crippen LogP contribution in [0, 0.1) is 0 Å². The van der Waals surface area contributed by atoms with Crippen LogP contribution in [-0.2, 0) is 10.0 Å². The summed E-state index contributed by atoms with van der Waals surface area (Å²) in [5.41, 5.74) is 0.971. The Balaban J connectivity index is 1.53. The van der Waals surface area contributed by atoms with E-state index in [1.807, 2.05) is 0 Å². The molecule has 10 heteroatoms. The molecule has 33 heavy (non-hydrogen) atoms. The van der Waals surface area contributed by atoms with Gasteiger partial charge in [0.05, 0.1) is 24.7 Å². The number of piperidine rings is 1. The highest BCUT2D eigenvalue weighted by molar-refractivity contribution is 7.89. The molecule has 0 unspecified atom stereocenters. The highest BCUT2D eigenvalue weighted by atomic mass is 32.2. The molecule has 9 nitrogen and oxygen atoms in total. The molecular weight excluding hydrogens is 446 g/mol. The normalized spacial score (nSPS) is 14.6. The van der Waals surface area contributed by atoms with Crippen molar-refractivity contribution in [2.75, 3.05) is 32.6 Å². The minimum atomic E-state index is -3.61. The number of carbonyl (C=O) groups is 1. The van der Waals surface area contributed by atoms with E-state index >= 15 is 0 Å². The smallest absolute Gasteiger partial charge is 0.277 e. The molecule has 3 aromatic rings. The van der Waals surface area contributed by atoms with Gasteiger partial charge in [-0.1, -0.05) is 17.6 Å². The third-order valence-electron chi connectivity index (χ3n) is 5.46. The van der Waals surface area contributed by atoms with Gasteiger partial charge in [0.1, 0.15) is 11.5 Å². The number of ether oxygens (including phenoxy) is 2. The fourth-order valence-electron chi connectivity index (χ4n) is 3.70. The highest BCUT2D eigenvalue weighted by Gasteiger charge is 2.26. The van der Waals surface area contributed by atoms with Gasteiger partial charge in [-0.25, -0.2) is 8.42 Å². The van der Waals surface area contributed by atoms with Crippen molar-refractivity contribution in [2.45, 2.75) is 24.2 Å². The number of nitrogens with one attached hydrogen (secondary N) is 1. The molecule has 4 rings (SSSR count). The van der Waals surface area contributed by atoms with Crippen LogP contribution in [0.5, 0.6) is 11.5 Å². The Morgan fingerprint density at radius 1 is 1.03 bits per heavy atom. The predicted octanol–water partition coefficient (Wildman–Crippen LogP) is 3.79. The molecule has 2 heterocycles. The first-order valence-corrected chi connectivity index (χ1v) is 12.0. The van der Waals surface area contributed by atoms with E-state index in [1.165, 1.54) is 29.6 Å². The van der Waals surface area contributed by atoms with Crippen molar-refractivity contribution in [2.24, 2.45) is 0 Å². The van der Waals surface area contributed by atoms with E-state index < -0.39 is 15.9 Å². The number of aromatic nitrogens is 1. The molecule has 0 bridgehead atoms. The molecule has 0 spiro atoms. The summed E-state index contributed by atoms with van der Waals surface area (Å²) >= 11 is 0. The predicted molar refractivity (Wildman–Crippen MR) is 122 cm³/mol. The topological polar surface area (TPSA) is 111 Å². The van der Waals surface area contributed by atoms with E-state index in [0.717, 1.165) is 19.3 Å².